The van der Waals surface area contributed by atoms with Gasteiger partial charge in [-0.15, -0.1) is 0 Å². The molecule has 31 heavy (non-hydrogen) atoms. The predicted molar refractivity (Wildman–Crippen MR) is 122 cm³/mol. The van der Waals surface area contributed by atoms with Crippen molar-refractivity contribution in [3.8, 4) is 12.1 Å². The molecule has 0 bridgehead atoms. The van der Waals surface area contributed by atoms with Crippen LogP contribution in [0.4, 0.5) is 0 Å². The maximum absolute atomic E-state index is 13.4. The minimum absolute atomic E-state index is 0.0526. The lowest BCUT2D eigenvalue weighted by Gasteiger charge is -2.38. The van der Waals surface area contributed by atoms with Gasteiger partial charge in [0.15, 0.2) is 5.78 Å². The molecule has 4 heteroatoms. The molecular formula is C27H25N3O. The van der Waals surface area contributed by atoms with Crippen molar-refractivity contribution in [3.63, 3.8) is 0 Å². The monoisotopic (exact) mass is 407 g/mol. The van der Waals surface area contributed by atoms with E-state index in [4.69, 9.17) is 0 Å². The zero-order valence-electron chi connectivity index (χ0n) is 17.6. The lowest BCUT2D eigenvalue weighted by molar-refractivity contribution is -0.113. The summed E-state index contributed by atoms with van der Waals surface area (Å²) in [6, 6.07) is 19.6. The van der Waals surface area contributed by atoms with E-state index < -0.39 is 0 Å². The molecule has 1 aliphatic carbocycles. The van der Waals surface area contributed by atoms with Gasteiger partial charge in [-0.2, -0.15) is 10.5 Å². The van der Waals surface area contributed by atoms with Crippen LogP contribution in [-0.4, -0.2) is 29.8 Å². The van der Waals surface area contributed by atoms with Gasteiger partial charge in [0.05, 0.1) is 23.3 Å². The van der Waals surface area contributed by atoms with E-state index in [-0.39, 0.29) is 5.78 Å². The van der Waals surface area contributed by atoms with E-state index in [2.05, 4.69) is 17.0 Å². The standard InChI is InChI=1S/C27H25N3O/c28-16-22-8-4-6-20(12-22)14-24-18-30(26-10-2-1-3-11-26)19-25(27(24)31)15-21-7-5-9-23(13-21)17-29/h4-9,12-15,26H,1-3,10-11,18-19H2/b24-14-,25-15+. The van der Waals surface area contributed by atoms with Gasteiger partial charge in [-0.3, -0.25) is 9.69 Å². The summed E-state index contributed by atoms with van der Waals surface area (Å²) in [7, 11) is 0. The highest BCUT2D eigenvalue weighted by Gasteiger charge is 2.31. The van der Waals surface area contributed by atoms with Crippen LogP contribution in [0.2, 0.25) is 0 Å². The van der Waals surface area contributed by atoms with Crippen molar-refractivity contribution in [2.75, 3.05) is 13.1 Å². The SMILES string of the molecule is N#Cc1cccc(/C=C2/CN(C3CCCCC3)C/C(=C\c3cccc(C#N)c3)C2=O)c1. The van der Waals surface area contributed by atoms with Gasteiger partial charge in [0.1, 0.15) is 0 Å². The summed E-state index contributed by atoms with van der Waals surface area (Å²) >= 11 is 0. The normalized spacial score (nSPS) is 20.5. The summed E-state index contributed by atoms with van der Waals surface area (Å²) in [6.07, 6.45) is 9.96. The Kier molecular flexibility index (Phi) is 6.41. The molecule has 1 saturated heterocycles. The molecule has 0 radical (unpaired) electrons. The van der Waals surface area contributed by atoms with E-state index in [0.717, 1.165) is 22.3 Å². The van der Waals surface area contributed by atoms with Gasteiger partial charge in [0.2, 0.25) is 0 Å². The van der Waals surface area contributed by atoms with Crippen molar-refractivity contribution in [3.05, 3.63) is 81.9 Å². The summed E-state index contributed by atoms with van der Waals surface area (Å²) in [4.78, 5) is 15.8. The number of Topliss-reactive ketones (excluding diaryl/α,β-unsaturated/α-hetero) is 1. The van der Waals surface area contributed by atoms with E-state index >= 15 is 0 Å². The Morgan fingerprint density at radius 3 is 1.81 bits per heavy atom. The molecule has 154 valence electrons. The van der Waals surface area contributed by atoms with Crippen LogP contribution in [0, 0.1) is 22.7 Å². The lowest BCUT2D eigenvalue weighted by atomic mass is 9.89. The lowest BCUT2D eigenvalue weighted by Crippen LogP contribution is -2.44. The smallest absolute Gasteiger partial charge is 0.187 e. The number of ketones is 1. The number of nitrogens with zero attached hydrogens (tertiary/aromatic N) is 3. The molecule has 1 heterocycles. The fraction of sp³-hybridized carbons (Fsp3) is 0.296. The second kappa shape index (κ2) is 9.56. The largest absolute Gasteiger partial charge is 0.292 e. The first-order chi connectivity index (χ1) is 15.2. The van der Waals surface area contributed by atoms with Crippen molar-refractivity contribution >= 4 is 17.9 Å². The molecule has 0 amide bonds. The number of piperidine rings is 1. The summed E-state index contributed by atoms with van der Waals surface area (Å²) in [5.41, 5.74) is 4.44. The van der Waals surface area contributed by atoms with Gasteiger partial charge in [-0.25, -0.2) is 0 Å². The molecule has 2 fully saturated rings. The molecule has 2 aromatic rings. The van der Waals surface area contributed by atoms with Crippen LogP contribution in [-0.2, 0) is 4.79 Å². The van der Waals surface area contributed by atoms with E-state index in [0.29, 0.717) is 30.3 Å². The van der Waals surface area contributed by atoms with Gasteiger partial charge in [-0.05, 0) is 60.4 Å². The minimum atomic E-state index is 0.0526. The molecule has 0 unspecified atom stereocenters. The zero-order chi connectivity index (χ0) is 21.6. The number of likely N-dealkylation sites (tertiary alicyclic amines) is 1. The maximum atomic E-state index is 13.4. The Bertz CT molecular complexity index is 1040. The molecule has 0 N–H and O–H groups in total. The number of nitriles is 2. The molecule has 4 rings (SSSR count). The highest BCUT2D eigenvalue weighted by molar-refractivity contribution is 6.14. The highest BCUT2D eigenvalue weighted by Crippen LogP contribution is 2.29. The van der Waals surface area contributed by atoms with E-state index in [1.807, 2.05) is 48.6 Å². The molecule has 0 spiro atoms. The van der Waals surface area contributed by atoms with E-state index in [9.17, 15) is 15.3 Å². The number of carbonyl (C=O) groups excluding carboxylic acids is 1. The molecule has 1 aliphatic heterocycles. The van der Waals surface area contributed by atoms with Gasteiger partial charge in [0, 0.05) is 30.3 Å². The third kappa shape index (κ3) is 5.00. The fourth-order valence-electron chi connectivity index (χ4n) is 4.57. The summed E-state index contributed by atoms with van der Waals surface area (Å²) < 4.78 is 0. The summed E-state index contributed by atoms with van der Waals surface area (Å²) in [5, 5.41) is 18.4. The first kappa shape index (κ1) is 20.8. The van der Waals surface area contributed by atoms with Gasteiger partial charge in [-0.1, -0.05) is 43.5 Å². The van der Waals surface area contributed by atoms with Crippen LogP contribution in [0.3, 0.4) is 0 Å². The number of rotatable bonds is 3. The first-order valence-electron chi connectivity index (χ1n) is 10.9. The second-order valence-electron chi connectivity index (χ2n) is 8.34. The third-order valence-corrected chi connectivity index (χ3v) is 6.13. The Morgan fingerprint density at radius 1 is 0.806 bits per heavy atom. The van der Waals surface area contributed by atoms with Crippen LogP contribution in [0.5, 0.6) is 0 Å². The number of hydrogen-bond donors (Lipinski definition) is 0. The third-order valence-electron chi connectivity index (χ3n) is 6.13. The maximum Gasteiger partial charge on any atom is 0.187 e. The fourth-order valence-corrected chi connectivity index (χ4v) is 4.57. The summed E-state index contributed by atoms with van der Waals surface area (Å²) in [5.74, 6) is 0.0526. The van der Waals surface area contributed by atoms with Crippen LogP contribution >= 0.6 is 0 Å². The Labute approximate surface area is 183 Å². The molecular weight excluding hydrogens is 382 g/mol. The van der Waals surface area contributed by atoms with Crippen LogP contribution in [0.1, 0.15) is 54.4 Å². The minimum Gasteiger partial charge on any atom is -0.292 e. The first-order valence-corrected chi connectivity index (χ1v) is 10.9. The van der Waals surface area contributed by atoms with Crippen molar-refractivity contribution in [2.24, 2.45) is 0 Å². The van der Waals surface area contributed by atoms with Crippen molar-refractivity contribution in [2.45, 2.75) is 38.1 Å². The Morgan fingerprint density at radius 2 is 1.32 bits per heavy atom. The topological polar surface area (TPSA) is 67.9 Å². The molecule has 0 atom stereocenters. The van der Waals surface area contributed by atoms with Crippen molar-refractivity contribution in [1.29, 1.82) is 10.5 Å². The van der Waals surface area contributed by atoms with Crippen LogP contribution < -0.4 is 0 Å². The molecule has 2 aromatic carbocycles. The number of hydrogen-bond acceptors (Lipinski definition) is 4. The molecule has 0 aromatic heterocycles. The quantitative estimate of drug-likeness (QED) is 0.663. The van der Waals surface area contributed by atoms with Gasteiger partial charge < -0.3 is 0 Å². The van der Waals surface area contributed by atoms with Crippen LogP contribution in [0.15, 0.2) is 59.7 Å². The van der Waals surface area contributed by atoms with Crippen molar-refractivity contribution < 1.29 is 4.79 Å². The average Bonchev–Trinajstić information content (AvgIpc) is 2.82. The zero-order valence-corrected chi connectivity index (χ0v) is 17.6. The number of benzene rings is 2. The Hall–Kier alpha value is -3.47. The summed E-state index contributed by atoms with van der Waals surface area (Å²) in [6.45, 7) is 1.27. The second-order valence-corrected chi connectivity index (χ2v) is 8.34. The van der Waals surface area contributed by atoms with Crippen LogP contribution in [0.25, 0.3) is 12.2 Å². The van der Waals surface area contributed by atoms with E-state index in [1.165, 1.54) is 32.1 Å². The molecule has 4 nitrogen and oxygen atoms in total. The molecule has 2 aliphatic rings. The number of carbonyl (C=O) groups is 1. The van der Waals surface area contributed by atoms with E-state index in [1.54, 1.807) is 12.1 Å². The average molecular weight is 408 g/mol. The van der Waals surface area contributed by atoms with Gasteiger partial charge in [0.25, 0.3) is 0 Å². The highest BCUT2D eigenvalue weighted by atomic mass is 16.1. The Balaban J connectivity index is 1.70. The predicted octanol–water partition coefficient (Wildman–Crippen LogP) is 5.11. The molecule has 1 saturated carbocycles. The van der Waals surface area contributed by atoms with Crippen molar-refractivity contribution in [1.82, 2.24) is 4.90 Å². The van der Waals surface area contributed by atoms with Gasteiger partial charge >= 0.3 is 0 Å².